The molecule has 0 atom stereocenters. The highest BCUT2D eigenvalue weighted by atomic mass is 32.2. The Morgan fingerprint density at radius 3 is 2.49 bits per heavy atom. The summed E-state index contributed by atoms with van der Waals surface area (Å²) < 4.78 is 7.09. The van der Waals surface area contributed by atoms with Gasteiger partial charge in [0, 0.05) is 11.0 Å². The molecule has 1 fully saturated rings. The van der Waals surface area contributed by atoms with E-state index in [9.17, 15) is 9.59 Å². The van der Waals surface area contributed by atoms with Crippen LogP contribution in [0.25, 0.3) is 16.9 Å². The Hall–Kier alpha value is -3.84. The molecule has 1 N–H and O–H groups in total. The number of ether oxygens (including phenoxy) is 1. The number of amides is 1. The van der Waals surface area contributed by atoms with Crippen LogP contribution in [-0.2, 0) is 16.6 Å². The van der Waals surface area contributed by atoms with Crippen molar-refractivity contribution in [2.75, 3.05) is 18.2 Å². The van der Waals surface area contributed by atoms with Crippen LogP contribution in [0.2, 0.25) is 0 Å². The molecular formula is C32H31N3O3S. The number of hydrogen-bond donors (Lipinski definition) is 1. The van der Waals surface area contributed by atoms with Crippen molar-refractivity contribution < 1.29 is 9.53 Å². The molecule has 4 aromatic rings. The van der Waals surface area contributed by atoms with Crippen LogP contribution in [0.4, 0.5) is 5.69 Å². The number of fused-ring (bicyclic) bond motifs is 4. The first kappa shape index (κ1) is 25.4. The smallest absolute Gasteiger partial charge is 0.263 e. The molecule has 0 saturated heterocycles. The lowest BCUT2D eigenvalue weighted by molar-refractivity contribution is -0.113. The molecule has 2 aliphatic carbocycles. The van der Waals surface area contributed by atoms with Gasteiger partial charge in [0.25, 0.3) is 5.56 Å². The number of aromatic nitrogens is 2. The SMILES string of the molecule is COc1ccccc1NC(=O)CSc1nc2c(c(=O)n1-c1ccccc1)C1(CCCCC1)Cc1ccccc1-2. The highest BCUT2D eigenvalue weighted by Crippen LogP contribution is 2.49. The number of carbonyl (C=O) groups is 1. The molecule has 0 radical (unpaired) electrons. The van der Waals surface area contributed by atoms with Crippen molar-refractivity contribution in [3.8, 4) is 22.7 Å². The molecule has 0 bridgehead atoms. The molecule has 0 aliphatic heterocycles. The lowest BCUT2D eigenvalue weighted by Gasteiger charge is -2.42. The second-order valence-electron chi connectivity index (χ2n) is 10.3. The number of anilines is 1. The first-order chi connectivity index (χ1) is 19.1. The largest absolute Gasteiger partial charge is 0.495 e. The van der Waals surface area contributed by atoms with Gasteiger partial charge in [-0.2, -0.15) is 0 Å². The summed E-state index contributed by atoms with van der Waals surface area (Å²) in [5.41, 5.74) is 5.05. The van der Waals surface area contributed by atoms with E-state index in [1.165, 1.54) is 23.7 Å². The summed E-state index contributed by atoms with van der Waals surface area (Å²) in [5, 5.41) is 3.45. The second kappa shape index (κ2) is 10.7. The lowest BCUT2D eigenvalue weighted by atomic mass is 9.62. The molecule has 39 heavy (non-hydrogen) atoms. The average molecular weight is 538 g/mol. The Morgan fingerprint density at radius 1 is 0.974 bits per heavy atom. The van der Waals surface area contributed by atoms with Gasteiger partial charge in [0.1, 0.15) is 5.75 Å². The summed E-state index contributed by atoms with van der Waals surface area (Å²) >= 11 is 1.28. The van der Waals surface area contributed by atoms with Crippen molar-refractivity contribution >= 4 is 23.4 Å². The monoisotopic (exact) mass is 537 g/mol. The molecule has 2 aliphatic rings. The molecule has 198 valence electrons. The normalized spacial score (nSPS) is 15.3. The van der Waals surface area contributed by atoms with Crippen molar-refractivity contribution in [2.24, 2.45) is 0 Å². The van der Waals surface area contributed by atoms with E-state index in [2.05, 4.69) is 23.5 Å². The van der Waals surface area contributed by atoms with E-state index in [1.54, 1.807) is 23.8 Å². The van der Waals surface area contributed by atoms with Crippen molar-refractivity contribution in [3.05, 3.63) is 100 Å². The van der Waals surface area contributed by atoms with Crippen LogP contribution in [-0.4, -0.2) is 28.3 Å². The minimum atomic E-state index is -0.201. The maximum absolute atomic E-state index is 14.5. The maximum atomic E-state index is 14.5. The molecular weight excluding hydrogens is 506 g/mol. The van der Waals surface area contributed by atoms with Crippen LogP contribution in [0.15, 0.2) is 88.8 Å². The van der Waals surface area contributed by atoms with E-state index >= 15 is 0 Å². The Bertz CT molecular complexity index is 1580. The summed E-state index contributed by atoms with van der Waals surface area (Å²) in [6.45, 7) is 0. The third-order valence-electron chi connectivity index (χ3n) is 7.92. The summed E-state index contributed by atoms with van der Waals surface area (Å²) in [5.74, 6) is 0.502. The second-order valence-corrected chi connectivity index (χ2v) is 11.2. The third kappa shape index (κ3) is 4.76. The van der Waals surface area contributed by atoms with Gasteiger partial charge in [-0.15, -0.1) is 0 Å². The third-order valence-corrected chi connectivity index (χ3v) is 8.86. The molecule has 3 aromatic carbocycles. The van der Waals surface area contributed by atoms with Gasteiger partial charge in [-0.1, -0.05) is 85.6 Å². The number of rotatable bonds is 6. The number of benzene rings is 3. The van der Waals surface area contributed by atoms with Gasteiger partial charge in [-0.25, -0.2) is 4.98 Å². The Balaban J connectivity index is 1.45. The van der Waals surface area contributed by atoms with Crippen molar-refractivity contribution in [1.29, 1.82) is 0 Å². The summed E-state index contributed by atoms with van der Waals surface area (Å²) in [4.78, 5) is 32.7. The molecule has 7 heteroatoms. The van der Waals surface area contributed by atoms with Gasteiger partial charge in [-0.3, -0.25) is 14.2 Å². The number of nitrogens with one attached hydrogen (secondary N) is 1. The zero-order valence-electron chi connectivity index (χ0n) is 22.0. The Kier molecular flexibility index (Phi) is 7.00. The molecule has 1 heterocycles. The number of hydrogen-bond acceptors (Lipinski definition) is 5. The van der Waals surface area contributed by atoms with Crippen LogP contribution in [0.5, 0.6) is 5.75 Å². The summed E-state index contributed by atoms with van der Waals surface area (Å²) in [6, 6.07) is 25.3. The highest BCUT2D eigenvalue weighted by molar-refractivity contribution is 7.99. The van der Waals surface area contributed by atoms with E-state index in [1.807, 2.05) is 48.5 Å². The van der Waals surface area contributed by atoms with Crippen LogP contribution in [0, 0.1) is 0 Å². The van der Waals surface area contributed by atoms with Crippen molar-refractivity contribution in [2.45, 2.75) is 49.1 Å². The van der Waals surface area contributed by atoms with Crippen LogP contribution in [0.3, 0.4) is 0 Å². The van der Waals surface area contributed by atoms with Gasteiger partial charge in [0.05, 0.1) is 35.5 Å². The fraction of sp³-hybridized carbons (Fsp3) is 0.281. The zero-order valence-corrected chi connectivity index (χ0v) is 22.8. The van der Waals surface area contributed by atoms with Crippen LogP contribution < -0.4 is 15.6 Å². The van der Waals surface area contributed by atoms with Crippen LogP contribution >= 0.6 is 11.8 Å². The summed E-state index contributed by atoms with van der Waals surface area (Å²) in [6.07, 6.45) is 6.30. The summed E-state index contributed by atoms with van der Waals surface area (Å²) in [7, 11) is 1.58. The molecule has 6 nitrogen and oxygen atoms in total. The lowest BCUT2D eigenvalue weighted by Crippen LogP contribution is -2.43. The van der Waals surface area contributed by atoms with Gasteiger partial charge < -0.3 is 10.1 Å². The molecule has 0 unspecified atom stereocenters. The number of nitrogens with zero attached hydrogens (tertiary/aromatic N) is 2. The molecule has 1 saturated carbocycles. The van der Waals surface area contributed by atoms with E-state index < -0.39 is 0 Å². The predicted octanol–water partition coefficient (Wildman–Crippen LogP) is 6.40. The topological polar surface area (TPSA) is 73.2 Å². The first-order valence-corrected chi connectivity index (χ1v) is 14.5. The van der Waals surface area contributed by atoms with Crippen molar-refractivity contribution in [1.82, 2.24) is 9.55 Å². The Labute approximate surface area is 232 Å². The number of para-hydroxylation sites is 3. The highest BCUT2D eigenvalue weighted by Gasteiger charge is 2.43. The van der Waals surface area contributed by atoms with Crippen molar-refractivity contribution in [3.63, 3.8) is 0 Å². The van der Waals surface area contributed by atoms with E-state index in [0.717, 1.165) is 54.6 Å². The van der Waals surface area contributed by atoms with Gasteiger partial charge in [-0.05, 0) is 49.1 Å². The minimum Gasteiger partial charge on any atom is -0.495 e. The van der Waals surface area contributed by atoms with E-state index in [-0.39, 0.29) is 22.6 Å². The van der Waals surface area contributed by atoms with Gasteiger partial charge >= 0.3 is 0 Å². The number of carbonyl (C=O) groups excluding carboxylic acids is 1. The predicted molar refractivity (Wildman–Crippen MR) is 156 cm³/mol. The van der Waals surface area contributed by atoms with Crippen LogP contribution in [0.1, 0.15) is 43.2 Å². The average Bonchev–Trinajstić information content (AvgIpc) is 2.97. The molecule has 1 spiro atoms. The number of thioether (sulfide) groups is 1. The van der Waals surface area contributed by atoms with E-state index in [4.69, 9.17) is 9.72 Å². The quantitative estimate of drug-likeness (QED) is 0.228. The molecule has 6 rings (SSSR count). The fourth-order valence-corrected chi connectivity index (χ4v) is 6.96. The van der Waals surface area contributed by atoms with E-state index in [0.29, 0.717) is 16.6 Å². The Morgan fingerprint density at radius 2 is 1.69 bits per heavy atom. The zero-order chi connectivity index (χ0) is 26.8. The maximum Gasteiger partial charge on any atom is 0.263 e. The first-order valence-electron chi connectivity index (χ1n) is 13.5. The van der Waals surface area contributed by atoms with Gasteiger partial charge in [0.15, 0.2) is 5.16 Å². The number of methoxy groups -OCH3 is 1. The minimum absolute atomic E-state index is 0.0183. The van der Waals surface area contributed by atoms with Gasteiger partial charge in [0.2, 0.25) is 5.91 Å². The molecule has 1 aromatic heterocycles. The standard InChI is InChI=1S/C32H31N3O3S/c1-38-26-17-9-8-16-25(26)33-27(36)21-39-31-34-29-24-15-7-6-12-22(24)20-32(18-10-3-11-19-32)28(29)30(37)35(31)23-13-4-2-5-14-23/h2,4-9,12-17H,3,10-11,18-21H2,1H3,(H,33,36). The molecule has 1 amide bonds. The fourth-order valence-electron chi connectivity index (χ4n) is 6.15.